The van der Waals surface area contributed by atoms with E-state index in [0.29, 0.717) is 37.0 Å². The van der Waals surface area contributed by atoms with Crippen LogP contribution in [0, 0.1) is 0 Å². The number of aryl methyl sites for hydroxylation is 1. The van der Waals surface area contributed by atoms with Gasteiger partial charge in [0.2, 0.25) is 0 Å². The predicted octanol–water partition coefficient (Wildman–Crippen LogP) is 4.68. The molecule has 9 heteroatoms. The summed E-state index contributed by atoms with van der Waals surface area (Å²) in [5.74, 6) is 1.48. The third-order valence-corrected chi connectivity index (χ3v) is 5.57. The molecule has 1 N–H and O–H groups in total. The fourth-order valence-electron chi connectivity index (χ4n) is 3.83. The largest absolute Gasteiger partial charge is 0.465 e. The SMILES string of the molecule is O=C(O)N1CCn2c(C3CC3)nc(Cl)c2C1CCc1ccc(OC(F)F)cc1. The molecule has 2 aliphatic rings. The van der Waals surface area contributed by atoms with Gasteiger partial charge in [-0.3, -0.25) is 4.90 Å². The molecule has 0 bridgehead atoms. The Morgan fingerprint density at radius 3 is 2.61 bits per heavy atom. The number of alkyl halides is 2. The first-order valence-electron chi connectivity index (χ1n) is 9.23. The molecular weight excluding hydrogens is 392 g/mol. The van der Waals surface area contributed by atoms with Gasteiger partial charge in [0.05, 0.1) is 11.7 Å². The van der Waals surface area contributed by atoms with Gasteiger partial charge >= 0.3 is 12.7 Å². The Morgan fingerprint density at radius 2 is 2.00 bits per heavy atom. The molecule has 2 aromatic rings. The van der Waals surface area contributed by atoms with Crippen molar-refractivity contribution in [1.29, 1.82) is 0 Å². The number of carboxylic acid groups (broad SMARTS) is 1. The Balaban J connectivity index is 1.54. The summed E-state index contributed by atoms with van der Waals surface area (Å²) in [5.41, 5.74) is 1.66. The van der Waals surface area contributed by atoms with Crippen LogP contribution in [0.5, 0.6) is 5.75 Å². The van der Waals surface area contributed by atoms with E-state index in [2.05, 4.69) is 14.3 Å². The summed E-state index contributed by atoms with van der Waals surface area (Å²) in [7, 11) is 0. The summed E-state index contributed by atoms with van der Waals surface area (Å²) in [6, 6.07) is 6.00. The van der Waals surface area contributed by atoms with Crippen molar-refractivity contribution in [2.24, 2.45) is 0 Å². The number of rotatable bonds is 6. The van der Waals surface area contributed by atoms with Gasteiger partial charge in [0.15, 0.2) is 5.15 Å². The zero-order valence-electron chi connectivity index (χ0n) is 15.0. The summed E-state index contributed by atoms with van der Waals surface area (Å²) in [6.45, 7) is -1.91. The fourth-order valence-corrected chi connectivity index (χ4v) is 4.15. The smallest absolute Gasteiger partial charge is 0.407 e. The lowest BCUT2D eigenvalue weighted by molar-refractivity contribution is -0.0498. The number of aromatic nitrogens is 2. The minimum absolute atomic E-state index is 0.0961. The van der Waals surface area contributed by atoms with E-state index in [1.54, 1.807) is 12.1 Å². The Kier molecular flexibility index (Phi) is 5.14. The maximum Gasteiger partial charge on any atom is 0.407 e. The average molecular weight is 412 g/mol. The van der Waals surface area contributed by atoms with Gasteiger partial charge in [-0.05, 0) is 43.4 Å². The van der Waals surface area contributed by atoms with Gasteiger partial charge in [0, 0.05) is 19.0 Å². The lowest BCUT2D eigenvalue weighted by atomic mass is 10.0. The van der Waals surface area contributed by atoms with Gasteiger partial charge in [0.25, 0.3) is 0 Å². The van der Waals surface area contributed by atoms with Crippen molar-refractivity contribution in [3.63, 3.8) is 0 Å². The second-order valence-electron chi connectivity index (χ2n) is 7.12. The van der Waals surface area contributed by atoms with E-state index in [9.17, 15) is 18.7 Å². The second kappa shape index (κ2) is 7.58. The molecule has 1 atom stereocenters. The molecule has 0 saturated heterocycles. The number of fused-ring (bicyclic) bond motifs is 1. The summed E-state index contributed by atoms with van der Waals surface area (Å²) >= 11 is 6.41. The number of imidazole rings is 1. The molecule has 0 spiro atoms. The molecule has 6 nitrogen and oxygen atoms in total. The lowest BCUT2D eigenvalue weighted by Crippen LogP contribution is -2.42. The van der Waals surface area contributed by atoms with Crippen LogP contribution < -0.4 is 4.74 Å². The van der Waals surface area contributed by atoms with Gasteiger partial charge in [-0.2, -0.15) is 8.78 Å². The first-order chi connectivity index (χ1) is 13.4. The third-order valence-electron chi connectivity index (χ3n) is 5.29. The van der Waals surface area contributed by atoms with Crippen LogP contribution in [0.15, 0.2) is 24.3 Å². The van der Waals surface area contributed by atoms with E-state index >= 15 is 0 Å². The third kappa shape index (κ3) is 3.78. The lowest BCUT2D eigenvalue weighted by Gasteiger charge is -2.35. The maximum absolute atomic E-state index is 12.3. The quantitative estimate of drug-likeness (QED) is 0.749. The van der Waals surface area contributed by atoms with E-state index in [-0.39, 0.29) is 5.75 Å². The van der Waals surface area contributed by atoms with Crippen LogP contribution in [0.2, 0.25) is 5.15 Å². The number of hydrogen-bond donors (Lipinski definition) is 1. The minimum atomic E-state index is -2.86. The number of halogens is 3. The van der Waals surface area contributed by atoms with Gasteiger partial charge in [-0.25, -0.2) is 9.78 Å². The number of amides is 1. The number of hydrogen-bond acceptors (Lipinski definition) is 3. The molecule has 0 radical (unpaired) electrons. The number of ether oxygens (including phenoxy) is 1. The maximum atomic E-state index is 12.3. The molecule has 1 aliphatic heterocycles. The molecule has 2 heterocycles. The summed E-state index contributed by atoms with van der Waals surface area (Å²) < 4.78 is 31.0. The highest BCUT2D eigenvalue weighted by Crippen LogP contribution is 2.44. The Hall–Kier alpha value is -2.35. The fraction of sp³-hybridized carbons (Fsp3) is 0.474. The molecule has 1 saturated carbocycles. The summed E-state index contributed by atoms with van der Waals surface area (Å²) in [4.78, 5) is 17.7. The van der Waals surface area contributed by atoms with Crippen molar-refractivity contribution in [2.45, 2.75) is 50.8 Å². The standard InChI is InChI=1S/C19H20ClF2N3O3/c20-16-15-14(8-3-11-1-6-13(7-2-11)28-18(21)22)24(19(26)27)9-10-25(15)17(23-16)12-4-5-12/h1-2,6-7,12,14,18H,3-5,8-10H2,(H,26,27). The topological polar surface area (TPSA) is 67.6 Å². The zero-order valence-corrected chi connectivity index (χ0v) is 15.8. The molecule has 1 unspecified atom stereocenters. The van der Waals surface area contributed by atoms with E-state index in [4.69, 9.17) is 11.6 Å². The highest BCUT2D eigenvalue weighted by molar-refractivity contribution is 6.30. The van der Waals surface area contributed by atoms with Crippen LogP contribution in [0.25, 0.3) is 0 Å². The molecule has 150 valence electrons. The van der Waals surface area contributed by atoms with Crippen LogP contribution in [-0.4, -0.2) is 38.8 Å². The first kappa shape index (κ1) is 19.0. The summed E-state index contributed by atoms with van der Waals surface area (Å²) in [5, 5.41) is 10.0. The van der Waals surface area contributed by atoms with Crippen molar-refractivity contribution in [2.75, 3.05) is 6.54 Å². The van der Waals surface area contributed by atoms with Crippen LogP contribution >= 0.6 is 11.6 Å². The van der Waals surface area contributed by atoms with E-state index in [1.165, 1.54) is 17.0 Å². The number of nitrogens with zero attached hydrogens (tertiary/aromatic N) is 3. The molecule has 1 aromatic heterocycles. The van der Waals surface area contributed by atoms with Crippen LogP contribution in [0.4, 0.5) is 13.6 Å². The molecular formula is C19H20ClF2N3O3. The normalized spacial score (nSPS) is 19.0. The Labute approximate surface area is 165 Å². The van der Waals surface area contributed by atoms with E-state index < -0.39 is 18.7 Å². The van der Waals surface area contributed by atoms with Crippen LogP contribution in [0.1, 0.15) is 48.3 Å². The Bertz CT molecular complexity index is 868. The van der Waals surface area contributed by atoms with Gasteiger partial charge in [-0.1, -0.05) is 23.7 Å². The van der Waals surface area contributed by atoms with Gasteiger partial charge < -0.3 is 14.4 Å². The number of carbonyl (C=O) groups is 1. The van der Waals surface area contributed by atoms with Crippen molar-refractivity contribution in [3.8, 4) is 5.75 Å². The molecule has 4 rings (SSSR count). The molecule has 1 amide bonds. The number of benzene rings is 1. The summed E-state index contributed by atoms with van der Waals surface area (Å²) in [6.07, 6.45) is 2.29. The zero-order chi connectivity index (χ0) is 19.8. The van der Waals surface area contributed by atoms with Crippen LogP contribution in [0.3, 0.4) is 0 Å². The minimum Gasteiger partial charge on any atom is -0.465 e. The van der Waals surface area contributed by atoms with Crippen molar-refractivity contribution in [1.82, 2.24) is 14.5 Å². The first-order valence-corrected chi connectivity index (χ1v) is 9.61. The second-order valence-corrected chi connectivity index (χ2v) is 7.48. The Morgan fingerprint density at radius 1 is 1.29 bits per heavy atom. The van der Waals surface area contributed by atoms with E-state index in [1.807, 2.05) is 0 Å². The van der Waals surface area contributed by atoms with Crippen molar-refractivity contribution in [3.05, 3.63) is 46.5 Å². The van der Waals surface area contributed by atoms with Crippen molar-refractivity contribution < 1.29 is 23.4 Å². The highest BCUT2D eigenvalue weighted by atomic mass is 35.5. The average Bonchev–Trinajstić information content (AvgIpc) is 3.44. The molecule has 1 aromatic carbocycles. The van der Waals surface area contributed by atoms with Crippen molar-refractivity contribution >= 4 is 17.7 Å². The molecule has 28 heavy (non-hydrogen) atoms. The van der Waals surface area contributed by atoms with Crippen LogP contribution in [-0.2, 0) is 13.0 Å². The predicted molar refractivity (Wildman–Crippen MR) is 98.1 cm³/mol. The van der Waals surface area contributed by atoms with Gasteiger partial charge in [0.1, 0.15) is 11.6 Å². The van der Waals surface area contributed by atoms with E-state index in [0.717, 1.165) is 29.9 Å². The monoisotopic (exact) mass is 411 g/mol. The molecule has 1 aliphatic carbocycles. The van der Waals surface area contributed by atoms with Gasteiger partial charge in [-0.15, -0.1) is 0 Å². The highest BCUT2D eigenvalue weighted by Gasteiger charge is 2.38. The molecule has 1 fully saturated rings.